The van der Waals surface area contributed by atoms with Gasteiger partial charge in [-0.1, -0.05) is 6.07 Å². The van der Waals surface area contributed by atoms with Crippen LogP contribution >= 0.6 is 0 Å². The van der Waals surface area contributed by atoms with Crippen molar-refractivity contribution >= 4 is 21.6 Å². The van der Waals surface area contributed by atoms with E-state index in [2.05, 4.69) is 15.0 Å². The van der Waals surface area contributed by atoms with Gasteiger partial charge in [-0.2, -0.15) is 0 Å². The quantitative estimate of drug-likeness (QED) is 0.745. The van der Waals surface area contributed by atoms with Crippen LogP contribution in [0.2, 0.25) is 0 Å². The van der Waals surface area contributed by atoms with Crippen molar-refractivity contribution in [1.82, 2.24) is 9.71 Å². The molecule has 2 heterocycles. The van der Waals surface area contributed by atoms with E-state index in [1.54, 1.807) is 18.2 Å². The minimum atomic E-state index is -3.72. The Bertz CT molecular complexity index is 893. The number of carbonyl (C=O) groups is 1. The summed E-state index contributed by atoms with van der Waals surface area (Å²) in [6.07, 6.45) is 3.12. The molecule has 9 heteroatoms. The van der Waals surface area contributed by atoms with Crippen molar-refractivity contribution in [2.75, 3.05) is 25.6 Å². The van der Waals surface area contributed by atoms with Crippen LogP contribution in [0.15, 0.2) is 47.5 Å². The largest absolute Gasteiger partial charge is 0.481 e. The predicted octanol–water partition coefficient (Wildman–Crippen LogP) is 1.80. The topological polar surface area (TPSA) is 107 Å². The summed E-state index contributed by atoms with van der Waals surface area (Å²) in [4.78, 5) is 16.4. The van der Waals surface area contributed by atoms with E-state index < -0.39 is 15.9 Å². The highest BCUT2D eigenvalue weighted by atomic mass is 32.2. The predicted molar refractivity (Wildman–Crippen MR) is 99.3 cm³/mol. The van der Waals surface area contributed by atoms with Crippen molar-refractivity contribution in [3.8, 4) is 5.88 Å². The second-order valence-corrected chi connectivity index (χ2v) is 7.83. The van der Waals surface area contributed by atoms with Gasteiger partial charge in [0.1, 0.15) is 0 Å². The Balaban J connectivity index is 1.68. The zero-order chi connectivity index (χ0) is 19.3. The van der Waals surface area contributed by atoms with Crippen LogP contribution in [0, 0.1) is 0 Å². The molecule has 0 aliphatic carbocycles. The zero-order valence-corrected chi connectivity index (χ0v) is 15.7. The second-order valence-electron chi connectivity index (χ2n) is 6.06. The third-order valence-corrected chi connectivity index (χ3v) is 5.56. The summed E-state index contributed by atoms with van der Waals surface area (Å²) in [7, 11) is -2.23. The van der Waals surface area contributed by atoms with E-state index in [-0.39, 0.29) is 23.1 Å². The van der Waals surface area contributed by atoms with Gasteiger partial charge < -0.3 is 14.8 Å². The van der Waals surface area contributed by atoms with Crippen LogP contribution in [0.5, 0.6) is 5.88 Å². The SMILES string of the molecule is COc1ccc(NC(=O)c2cccc(S(=O)(=O)NC[C@H]3CCCO3)c2)cn1. The van der Waals surface area contributed by atoms with Gasteiger partial charge in [0, 0.05) is 24.8 Å². The fourth-order valence-corrected chi connectivity index (χ4v) is 3.79. The Morgan fingerprint density at radius 3 is 2.85 bits per heavy atom. The summed E-state index contributed by atoms with van der Waals surface area (Å²) in [5.74, 6) is -0.00319. The number of carbonyl (C=O) groups excluding carboxylic acids is 1. The normalized spacial score (nSPS) is 16.9. The molecule has 0 radical (unpaired) electrons. The van der Waals surface area contributed by atoms with Crippen LogP contribution in [0.3, 0.4) is 0 Å². The summed E-state index contributed by atoms with van der Waals surface area (Å²) >= 11 is 0. The van der Waals surface area contributed by atoms with Gasteiger partial charge in [0.25, 0.3) is 5.91 Å². The summed E-state index contributed by atoms with van der Waals surface area (Å²) < 4.78 is 37.9. The van der Waals surface area contributed by atoms with Gasteiger partial charge >= 0.3 is 0 Å². The lowest BCUT2D eigenvalue weighted by Crippen LogP contribution is -2.32. The van der Waals surface area contributed by atoms with E-state index in [0.717, 1.165) is 12.8 Å². The molecular weight excluding hydrogens is 370 g/mol. The molecule has 1 aliphatic heterocycles. The van der Waals surface area contributed by atoms with Crippen molar-refractivity contribution in [3.05, 3.63) is 48.2 Å². The molecule has 1 aromatic heterocycles. The van der Waals surface area contributed by atoms with E-state index in [1.165, 1.54) is 31.5 Å². The number of anilines is 1. The van der Waals surface area contributed by atoms with Gasteiger partial charge in [-0.05, 0) is 37.1 Å². The average molecular weight is 391 g/mol. The third-order valence-electron chi connectivity index (χ3n) is 4.13. The molecule has 3 rings (SSSR count). The molecule has 0 spiro atoms. The molecule has 144 valence electrons. The number of nitrogens with one attached hydrogen (secondary N) is 2. The Labute approximate surface area is 158 Å². The van der Waals surface area contributed by atoms with Gasteiger partial charge in [0.05, 0.1) is 30.0 Å². The minimum absolute atomic E-state index is 0.0287. The molecule has 1 saturated heterocycles. The Kier molecular flexibility index (Phi) is 6.04. The second kappa shape index (κ2) is 8.47. The number of amides is 1. The average Bonchev–Trinajstić information content (AvgIpc) is 3.21. The van der Waals surface area contributed by atoms with Gasteiger partial charge in [0.2, 0.25) is 15.9 Å². The lowest BCUT2D eigenvalue weighted by molar-refractivity contribution is 0.102. The molecular formula is C18H21N3O5S. The van der Waals surface area contributed by atoms with Crippen molar-refractivity contribution in [2.24, 2.45) is 0 Å². The van der Waals surface area contributed by atoms with Crippen LogP contribution in [-0.2, 0) is 14.8 Å². The molecule has 1 aliphatic rings. The maximum absolute atomic E-state index is 12.5. The molecule has 1 atom stereocenters. The molecule has 0 bridgehead atoms. The minimum Gasteiger partial charge on any atom is -0.481 e. The smallest absolute Gasteiger partial charge is 0.255 e. The molecule has 1 fully saturated rings. The molecule has 1 aromatic carbocycles. The highest BCUT2D eigenvalue weighted by molar-refractivity contribution is 7.89. The van der Waals surface area contributed by atoms with Gasteiger partial charge in [-0.15, -0.1) is 0 Å². The lowest BCUT2D eigenvalue weighted by Gasteiger charge is -2.12. The molecule has 8 nitrogen and oxygen atoms in total. The third kappa shape index (κ3) is 5.03. The van der Waals surface area contributed by atoms with E-state index in [9.17, 15) is 13.2 Å². The number of sulfonamides is 1. The Hall–Kier alpha value is -2.49. The first-order valence-electron chi connectivity index (χ1n) is 8.51. The van der Waals surface area contributed by atoms with Gasteiger partial charge in [-0.3, -0.25) is 4.79 Å². The summed E-state index contributed by atoms with van der Waals surface area (Å²) in [5, 5.41) is 2.67. The van der Waals surface area contributed by atoms with Gasteiger partial charge in [0.15, 0.2) is 0 Å². The first kappa shape index (κ1) is 19.3. The van der Waals surface area contributed by atoms with Crippen LogP contribution in [-0.4, -0.2) is 45.7 Å². The van der Waals surface area contributed by atoms with Crippen LogP contribution in [0.4, 0.5) is 5.69 Å². The number of hydrogen-bond acceptors (Lipinski definition) is 6. The first-order chi connectivity index (χ1) is 13.0. The van der Waals surface area contributed by atoms with Crippen molar-refractivity contribution in [3.63, 3.8) is 0 Å². The molecule has 2 aromatic rings. The first-order valence-corrected chi connectivity index (χ1v) is 9.99. The maximum atomic E-state index is 12.5. The number of nitrogens with zero attached hydrogens (tertiary/aromatic N) is 1. The van der Waals surface area contributed by atoms with E-state index in [1.807, 2.05) is 0 Å². The highest BCUT2D eigenvalue weighted by Crippen LogP contribution is 2.16. The molecule has 1 amide bonds. The molecule has 0 unspecified atom stereocenters. The Morgan fingerprint density at radius 1 is 1.33 bits per heavy atom. The number of ether oxygens (including phenoxy) is 2. The standard InChI is InChI=1S/C18H21N3O5S/c1-25-17-8-7-14(11-19-17)21-18(22)13-4-2-6-16(10-13)27(23,24)20-12-15-5-3-9-26-15/h2,4,6-8,10-11,15,20H,3,5,9,12H2,1H3,(H,21,22)/t15-/m1/s1. The van der Waals surface area contributed by atoms with E-state index >= 15 is 0 Å². The lowest BCUT2D eigenvalue weighted by atomic mass is 10.2. The van der Waals surface area contributed by atoms with Crippen LogP contribution in [0.25, 0.3) is 0 Å². The van der Waals surface area contributed by atoms with Crippen molar-refractivity contribution in [2.45, 2.75) is 23.8 Å². The number of methoxy groups -OCH3 is 1. The molecule has 0 saturated carbocycles. The Morgan fingerprint density at radius 2 is 2.19 bits per heavy atom. The number of pyridine rings is 1. The van der Waals surface area contributed by atoms with Crippen LogP contribution in [0.1, 0.15) is 23.2 Å². The van der Waals surface area contributed by atoms with Crippen molar-refractivity contribution in [1.29, 1.82) is 0 Å². The zero-order valence-electron chi connectivity index (χ0n) is 14.8. The van der Waals surface area contributed by atoms with E-state index in [4.69, 9.17) is 9.47 Å². The highest BCUT2D eigenvalue weighted by Gasteiger charge is 2.21. The fraction of sp³-hybridized carbons (Fsp3) is 0.333. The number of hydrogen-bond donors (Lipinski definition) is 2. The van der Waals surface area contributed by atoms with Crippen molar-refractivity contribution < 1.29 is 22.7 Å². The summed E-state index contributed by atoms with van der Waals surface area (Å²) in [6, 6.07) is 9.12. The summed E-state index contributed by atoms with van der Waals surface area (Å²) in [6.45, 7) is 0.874. The maximum Gasteiger partial charge on any atom is 0.255 e. The monoisotopic (exact) mass is 391 g/mol. The number of rotatable bonds is 7. The number of benzene rings is 1. The molecule has 27 heavy (non-hydrogen) atoms. The molecule has 2 N–H and O–H groups in total. The van der Waals surface area contributed by atoms with Gasteiger partial charge in [-0.25, -0.2) is 18.1 Å². The fourth-order valence-electron chi connectivity index (χ4n) is 2.67. The number of aromatic nitrogens is 1. The van der Waals surface area contributed by atoms with Crippen LogP contribution < -0.4 is 14.8 Å². The summed E-state index contributed by atoms with van der Waals surface area (Å²) in [5.41, 5.74) is 0.705. The van der Waals surface area contributed by atoms with E-state index in [0.29, 0.717) is 18.2 Å².